The lowest BCUT2D eigenvalue weighted by molar-refractivity contribution is 1.08. The van der Waals surface area contributed by atoms with Crippen molar-refractivity contribution in [1.82, 2.24) is 0 Å². The third-order valence-electron chi connectivity index (χ3n) is 0.714. The van der Waals surface area contributed by atoms with Gasteiger partial charge in [-0.15, -0.1) is 12.6 Å². The summed E-state index contributed by atoms with van der Waals surface area (Å²) in [5.41, 5.74) is 0.934. The molecule has 0 aliphatic carbocycles. The van der Waals surface area contributed by atoms with Crippen molar-refractivity contribution in [2.24, 2.45) is 4.99 Å². The highest BCUT2D eigenvalue weighted by Crippen LogP contribution is 2.00. The summed E-state index contributed by atoms with van der Waals surface area (Å²) in [6.07, 6.45) is 0.910. The summed E-state index contributed by atoms with van der Waals surface area (Å²) in [6.45, 7) is 5.35. The Labute approximate surface area is 49.6 Å². The topological polar surface area (TPSA) is 12.4 Å². The Balaban J connectivity index is 3.60. The molecule has 0 rings (SSSR count). The fraction of sp³-hybridized carbons (Fsp3) is 0.400. The van der Waals surface area contributed by atoms with Crippen LogP contribution in [-0.2, 0) is 0 Å². The van der Waals surface area contributed by atoms with Crippen LogP contribution in [0.1, 0.15) is 13.3 Å². The number of hydrogen-bond donors (Lipinski definition) is 1. The van der Waals surface area contributed by atoms with Crippen LogP contribution in [0.25, 0.3) is 0 Å². The van der Waals surface area contributed by atoms with Crippen LogP contribution in [0.15, 0.2) is 16.1 Å². The minimum Gasteiger partial charge on any atom is -0.269 e. The van der Waals surface area contributed by atoms with Crippen molar-refractivity contribution in [3.8, 4) is 0 Å². The van der Waals surface area contributed by atoms with Gasteiger partial charge in [0.1, 0.15) is 0 Å². The van der Waals surface area contributed by atoms with Crippen molar-refractivity contribution in [3.05, 3.63) is 11.1 Å². The van der Waals surface area contributed by atoms with Crippen LogP contribution in [0.5, 0.6) is 0 Å². The molecule has 0 N–H and O–H groups in total. The summed E-state index contributed by atoms with van der Waals surface area (Å²) in [7, 11) is 0. The van der Waals surface area contributed by atoms with Gasteiger partial charge < -0.3 is 0 Å². The molecular formula is C5H9NS. The van der Waals surface area contributed by atoms with E-state index in [2.05, 4.69) is 24.3 Å². The van der Waals surface area contributed by atoms with Gasteiger partial charge in [0, 0.05) is 5.70 Å². The summed E-state index contributed by atoms with van der Waals surface area (Å²) in [5.74, 6) is 0. The number of rotatable bonds is 2. The summed E-state index contributed by atoms with van der Waals surface area (Å²) in [6, 6.07) is 0. The maximum absolute atomic E-state index is 3.88. The van der Waals surface area contributed by atoms with Crippen molar-refractivity contribution in [1.29, 1.82) is 0 Å². The molecule has 0 atom stereocenters. The van der Waals surface area contributed by atoms with Crippen LogP contribution in [0.3, 0.4) is 0 Å². The van der Waals surface area contributed by atoms with Gasteiger partial charge in [-0.1, -0.05) is 6.92 Å². The van der Waals surface area contributed by atoms with E-state index in [4.69, 9.17) is 0 Å². The number of thiol groups is 1. The average Bonchev–Trinajstić information content (AvgIpc) is 1.72. The van der Waals surface area contributed by atoms with Gasteiger partial charge in [0.25, 0.3) is 0 Å². The molecule has 0 spiro atoms. The van der Waals surface area contributed by atoms with E-state index in [1.54, 1.807) is 5.41 Å². The van der Waals surface area contributed by atoms with E-state index in [9.17, 15) is 0 Å². The Hall–Kier alpha value is -0.240. The maximum atomic E-state index is 3.88. The average molecular weight is 115 g/mol. The first-order valence-electron chi connectivity index (χ1n) is 2.15. The summed E-state index contributed by atoms with van der Waals surface area (Å²) < 4.78 is 0. The third-order valence-corrected chi connectivity index (χ3v) is 1.01. The van der Waals surface area contributed by atoms with Crippen LogP contribution in [0.4, 0.5) is 0 Å². The molecule has 0 heterocycles. The molecule has 0 bridgehead atoms. The third kappa shape index (κ3) is 2.45. The Morgan fingerprint density at radius 3 is 2.57 bits per heavy atom. The molecule has 0 saturated heterocycles. The molecule has 7 heavy (non-hydrogen) atoms. The Morgan fingerprint density at radius 1 is 2.00 bits per heavy atom. The van der Waals surface area contributed by atoms with Gasteiger partial charge in [0.15, 0.2) is 0 Å². The molecule has 0 saturated carbocycles. The number of aliphatic imine (C=N–C) groups is 1. The zero-order chi connectivity index (χ0) is 5.70. The molecule has 0 amide bonds. The van der Waals surface area contributed by atoms with Crippen molar-refractivity contribution >= 4 is 19.3 Å². The highest BCUT2D eigenvalue weighted by Gasteiger charge is 1.79. The predicted octanol–water partition coefficient (Wildman–Crippen LogP) is 1.87. The van der Waals surface area contributed by atoms with Gasteiger partial charge in [-0.3, -0.25) is 4.99 Å². The lowest BCUT2D eigenvalue weighted by atomic mass is 10.4. The second-order valence-corrected chi connectivity index (χ2v) is 1.39. The first-order valence-corrected chi connectivity index (χ1v) is 2.66. The van der Waals surface area contributed by atoms with Crippen LogP contribution < -0.4 is 0 Å². The fourth-order valence-corrected chi connectivity index (χ4v) is 0.508. The SMILES string of the molecule is C=N/C(=C\S)CC. The Bertz CT molecular complexity index is 86.1. The van der Waals surface area contributed by atoms with Crippen molar-refractivity contribution in [3.63, 3.8) is 0 Å². The molecule has 1 nitrogen and oxygen atoms in total. The smallest absolute Gasteiger partial charge is 0.0453 e. The minimum atomic E-state index is 0.910. The Morgan fingerprint density at radius 2 is 2.57 bits per heavy atom. The van der Waals surface area contributed by atoms with Crippen molar-refractivity contribution in [2.75, 3.05) is 0 Å². The van der Waals surface area contributed by atoms with Gasteiger partial charge in [-0.25, -0.2) is 0 Å². The van der Waals surface area contributed by atoms with Gasteiger partial charge in [-0.2, -0.15) is 0 Å². The molecule has 0 aromatic carbocycles. The highest BCUT2D eigenvalue weighted by atomic mass is 32.1. The van der Waals surface area contributed by atoms with E-state index >= 15 is 0 Å². The molecule has 0 aromatic heterocycles. The predicted molar refractivity (Wildman–Crippen MR) is 36.9 cm³/mol. The maximum Gasteiger partial charge on any atom is 0.0453 e. The van der Waals surface area contributed by atoms with E-state index in [1.807, 2.05) is 6.92 Å². The fourth-order valence-electron chi connectivity index (χ4n) is 0.244. The standard InChI is InChI=1S/C5H9NS/c1-3-5(4-7)6-2/h4,7H,2-3H2,1H3/b5-4-. The summed E-state index contributed by atoms with van der Waals surface area (Å²) in [5, 5.41) is 1.66. The molecule has 40 valence electrons. The zero-order valence-corrected chi connectivity index (χ0v) is 5.28. The van der Waals surface area contributed by atoms with Crippen LogP contribution >= 0.6 is 12.6 Å². The Kier molecular flexibility index (Phi) is 3.80. The first-order chi connectivity index (χ1) is 3.35. The van der Waals surface area contributed by atoms with E-state index in [1.165, 1.54) is 0 Å². The molecule has 0 fully saturated rings. The molecule has 0 radical (unpaired) electrons. The van der Waals surface area contributed by atoms with Crippen molar-refractivity contribution < 1.29 is 0 Å². The van der Waals surface area contributed by atoms with E-state index < -0.39 is 0 Å². The summed E-state index contributed by atoms with van der Waals surface area (Å²) >= 11 is 3.88. The van der Waals surface area contributed by atoms with Crippen molar-refractivity contribution in [2.45, 2.75) is 13.3 Å². The van der Waals surface area contributed by atoms with Gasteiger partial charge in [-0.05, 0) is 18.5 Å². The van der Waals surface area contributed by atoms with Crippen LogP contribution in [0, 0.1) is 0 Å². The highest BCUT2D eigenvalue weighted by molar-refractivity contribution is 7.83. The van der Waals surface area contributed by atoms with E-state index in [0.717, 1.165) is 12.1 Å². The zero-order valence-electron chi connectivity index (χ0n) is 4.39. The molecule has 2 heteroatoms. The molecule has 0 aliphatic rings. The lowest BCUT2D eigenvalue weighted by Gasteiger charge is -1.87. The molecular weight excluding hydrogens is 106 g/mol. The lowest BCUT2D eigenvalue weighted by Crippen LogP contribution is -1.67. The van der Waals surface area contributed by atoms with Crippen LogP contribution in [-0.4, -0.2) is 6.72 Å². The monoisotopic (exact) mass is 115 g/mol. The van der Waals surface area contributed by atoms with Gasteiger partial charge in [0.2, 0.25) is 0 Å². The molecule has 0 aromatic rings. The quantitative estimate of drug-likeness (QED) is 0.416. The van der Waals surface area contributed by atoms with Gasteiger partial charge in [0.05, 0.1) is 0 Å². The van der Waals surface area contributed by atoms with Crippen LogP contribution in [0.2, 0.25) is 0 Å². The molecule has 0 aliphatic heterocycles. The number of nitrogens with zero attached hydrogens (tertiary/aromatic N) is 1. The van der Waals surface area contributed by atoms with E-state index in [-0.39, 0.29) is 0 Å². The first kappa shape index (κ1) is 6.76. The second kappa shape index (κ2) is 3.93. The number of hydrogen-bond acceptors (Lipinski definition) is 2. The number of allylic oxidation sites excluding steroid dienone is 1. The second-order valence-electron chi connectivity index (χ2n) is 1.13. The largest absolute Gasteiger partial charge is 0.269 e. The molecule has 0 unspecified atom stereocenters. The van der Waals surface area contributed by atoms with E-state index in [0.29, 0.717) is 0 Å². The van der Waals surface area contributed by atoms with Gasteiger partial charge >= 0.3 is 0 Å². The summed E-state index contributed by atoms with van der Waals surface area (Å²) in [4.78, 5) is 3.66. The minimum absolute atomic E-state index is 0.910. The normalized spacial score (nSPS) is 11.4.